The van der Waals surface area contributed by atoms with Gasteiger partial charge in [0.15, 0.2) is 11.5 Å². The van der Waals surface area contributed by atoms with Gasteiger partial charge in [-0.05, 0) is 43.9 Å². The van der Waals surface area contributed by atoms with Gasteiger partial charge in [0.1, 0.15) is 12.6 Å². The summed E-state index contributed by atoms with van der Waals surface area (Å²) < 4.78 is 11.4. The Morgan fingerprint density at radius 3 is 2.39 bits per heavy atom. The summed E-state index contributed by atoms with van der Waals surface area (Å²) in [5.41, 5.74) is -0.552. The van der Waals surface area contributed by atoms with E-state index in [1.807, 2.05) is 0 Å². The SMILES string of the molecule is [C-]#[N+]C(CC=O)(CC=O)c1ccc(OC)c(OC2CCCC2)c1. The Morgan fingerprint density at radius 2 is 1.87 bits per heavy atom. The number of carbonyl (C=O) groups is 2. The lowest BCUT2D eigenvalue weighted by molar-refractivity contribution is -0.110. The molecule has 1 aromatic carbocycles. The molecule has 0 radical (unpaired) electrons. The molecule has 5 nitrogen and oxygen atoms in total. The predicted molar refractivity (Wildman–Crippen MR) is 85.5 cm³/mol. The summed E-state index contributed by atoms with van der Waals surface area (Å²) in [6.45, 7) is 7.48. The van der Waals surface area contributed by atoms with Crippen LogP contribution in [0.2, 0.25) is 0 Å². The second-order valence-corrected chi connectivity index (χ2v) is 5.77. The molecule has 0 spiro atoms. The van der Waals surface area contributed by atoms with Gasteiger partial charge in [0.2, 0.25) is 0 Å². The smallest absolute Gasteiger partial charge is 0.270 e. The molecule has 0 atom stereocenters. The Labute approximate surface area is 136 Å². The van der Waals surface area contributed by atoms with Gasteiger partial charge in [-0.1, -0.05) is 0 Å². The van der Waals surface area contributed by atoms with E-state index in [4.69, 9.17) is 16.0 Å². The van der Waals surface area contributed by atoms with Crippen molar-refractivity contribution < 1.29 is 19.1 Å². The van der Waals surface area contributed by atoms with E-state index in [0.717, 1.165) is 25.7 Å². The van der Waals surface area contributed by atoms with Crippen molar-refractivity contribution in [2.45, 2.75) is 50.2 Å². The maximum absolute atomic E-state index is 11.0. The minimum atomic E-state index is -1.16. The van der Waals surface area contributed by atoms with Crippen molar-refractivity contribution in [3.8, 4) is 11.5 Å². The molecule has 0 N–H and O–H groups in total. The second-order valence-electron chi connectivity index (χ2n) is 5.77. The van der Waals surface area contributed by atoms with Gasteiger partial charge in [-0.3, -0.25) is 0 Å². The summed E-state index contributed by atoms with van der Waals surface area (Å²) in [6.07, 6.45) is 5.78. The van der Waals surface area contributed by atoms with Crippen LogP contribution in [0, 0.1) is 6.57 Å². The quantitative estimate of drug-likeness (QED) is 0.545. The predicted octanol–water partition coefficient (Wildman–Crippen LogP) is 3.31. The van der Waals surface area contributed by atoms with Crippen molar-refractivity contribution in [2.75, 3.05) is 7.11 Å². The van der Waals surface area contributed by atoms with Crippen LogP contribution in [0.5, 0.6) is 11.5 Å². The van der Waals surface area contributed by atoms with Gasteiger partial charge in [-0.2, -0.15) is 0 Å². The van der Waals surface area contributed by atoms with Gasteiger partial charge < -0.3 is 23.9 Å². The first kappa shape index (κ1) is 17.0. The van der Waals surface area contributed by atoms with E-state index in [9.17, 15) is 9.59 Å². The van der Waals surface area contributed by atoms with Gasteiger partial charge in [0.05, 0.1) is 26.1 Å². The molecule has 0 bridgehead atoms. The Hall–Kier alpha value is -2.35. The normalized spacial score (nSPS) is 15.0. The standard InChI is InChI=1S/C18H21NO4/c1-19-18(9-11-20,10-12-21)14-7-8-16(22-2)17(13-14)23-15-5-3-4-6-15/h7-8,11-13,15H,3-6,9-10H2,2H3. The third-order valence-electron chi connectivity index (χ3n) is 4.35. The first-order valence-corrected chi connectivity index (χ1v) is 7.80. The highest BCUT2D eigenvalue weighted by Crippen LogP contribution is 2.39. The zero-order chi connectivity index (χ0) is 16.7. The molecule has 1 fully saturated rings. The van der Waals surface area contributed by atoms with Crippen LogP contribution >= 0.6 is 0 Å². The highest BCUT2D eigenvalue weighted by Gasteiger charge is 2.39. The molecular weight excluding hydrogens is 294 g/mol. The van der Waals surface area contributed by atoms with Crippen LogP contribution in [0.3, 0.4) is 0 Å². The first-order valence-electron chi connectivity index (χ1n) is 7.80. The van der Waals surface area contributed by atoms with Gasteiger partial charge in [0, 0.05) is 5.56 Å². The average molecular weight is 315 g/mol. The van der Waals surface area contributed by atoms with Gasteiger partial charge in [-0.25, -0.2) is 6.57 Å². The molecule has 23 heavy (non-hydrogen) atoms. The van der Waals surface area contributed by atoms with Crippen molar-refractivity contribution in [3.05, 3.63) is 35.2 Å². The van der Waals surface area contributed by atoms with Crippen molar-refractivity contribution in [1.82, 2.24) is 0 Å². The molecule has 1 saturated carbocycles. The molecule has 1 aliphatic carbocycles. The summed E-state index contributed by atoms with van der Waals surface area (Å²) in [7, 11) is 1.56. The third kappa shape index (κ3) is 3.70. The monoisotopic (exact) mass is 315 g/mol. The average Bonchev–Trinajstić information content (AvgIpc) is 3.07. The molecule has 1 aromatic rings. The van der Waals surface area contributed by atoms with Crippen LogP contribution in [-0.2, 0) is 15.1 Å². The second kappa shape index (κ2) is 7.77. The minimum absolute atomic E-state index is 0.0234. The Kier molecular flexibility index (Phi) is 5.75. The minimum Gasteiger partial charge on any atom is -0.493 e. The maximum Gasteiger partial charge on any atom is 0.270 e. The molecule has 0 aromatic heterocycles. The molecule has 5 heteroatoms. The fraction of sp³-hybridized carbons (Fsp3) is 0.500. The Bertz CT molecular complexity index is 590. The number of nitrogens with zero attached hydrogens (tertiary/aromatic N) is 1. The van der Waals surface area contributed by atoms with E-state index in [1.165, 1.54) is 0 Å². The van der Waals surface area contributed by atoms with E-state index < -0.39 is 5.54 Å². The molecule has 122 valence electrons. The lowest BCUT2D eigenvalue weighted by atomic mass is 9.85. The maximum atomic E-state index is 11.0. The summed E-state index contributed by atoms with van der Waals surface area (Å²) in [5.74, 6) is 1.17. The van der Waals surface area contributed by atoms with Crippen molar-refractivity contribution in [3.63, 3.8) is 0 Å². The Morgan fingerprint density at radius 1 is 1.22 bits per heavy atom. The van der Waals surface area contributed by atoms with E-state index in [0.29, 0.717) is 29.6 Å². The molecule has 0 saturated heterocycles. The largest absolute Gasteiger partial charge is 0.493 e. The number of ether oxygens (including phenoxy) is 2. The zero-order valence-corrected chi connectivity index (χ0v) is 13.3. The van der Waals surface area contributed by atoms with E-state index >= 15 is 0 Å². The van der Waals surface area contributed by atoms with E-state index in [2.05, 4.69) is 4.85 Å². The fourth-order valence-corrected chi connectivity index (χ4v) is 2.99. The van der Waals surface area contributed by atoms with Gasteiger partial charge in [-0.15, -0.1) is 0 Å². The fourth-order valence-electron chi connectivity index (χ4n) is 2.99. The van der Waals surface area contributed by atoms with E-state index in [1.54, 1.807) is 25.3 Å². The zero-order valence-electron chi connectivity index (χ0n) is 13.3. The van der Waals surface area contributed by atoms with Crippen LogP contribution in [-0.4, -0.2) is 25.8 Å². The highest BCUT2D eigenvalue weighted by atomic mass is 16.5. The molecule has 0 unspecified atom stereocenters. The lowest BCUT2D eigenvalue weighted by Gasteiger charge is -2.21. The number of carbonyl (C=O) groups excluding carboxylic acids is 2. The topological polar surface area (TPSA) is 57.0 Å². The van der Waals surface area contributed by atoms with Crippen LogP contribution in [0.4, 0.5) is 0 Å². The first-order chi connectivity index (χ1) is 11.2. The number of methoxy groups -OCH3 is 1. The third-order valence-corrected chi connectivity index (χ3v) is 4.35. The van der Waals surface area contributed by atoms with Crippen LogP contribution in [0.15, 0.2) is 18.2 Å². The molecule has 1 aliphatic rings. The van der Waals surface area contributed by atoms with E-state index in [-0.39, 0.29) is 18.9 Å². The van der Waals surface area contributed by atoms with Crippen molar-refractivity contribution in [1.29, 1.82) is 0 Å². The molecule has 0 amide bonds. The van der Waals surface area contributed by atoms with Crippen molar-refractivity contribution >= 4 is 12.6 Å². The lowest BCUT2D eigenvalue weighted by Crippen LogP contribution is -2.23. The number of rotatable bonds is 8. The molecule has 2 rings (SSSR count). The number of aldehydes is 2. The summed E-state index contributed by atoms with van der Waals surface area (Å²) in [4.78, 5) is 25.6. The Balaban J connectivity index is 2.39. The number of benzene rings is 1. The van der Waals surface area contributed by atoms with Crippen LogP contribution in [0.1, 0.15) is 44.1 Å². The summed E-state index contributed by atoms with van der Waals surface area (Å²) in [5, 5.41) is 0. The molecular formula is C18H21NO4. The highest BCUT2D eigenvalue weighted by molar-refractivity contribution is 5.62. The number of hydrogen-bond acceptors (Lipinski definition) is 4. The van der Waals surface area contributed by atoms with Crippen molar-refractivity contribution in [2.24, 2.45) is 0 Å². The summed E-state index contributed by atoms with van der Waals surface area (Å²) in [6, 6.07) is 5.20. The van der Waals surface area contributed by atoms with Gasteiger partial charge in [0.25, 0.3) is 5.54 Å². The van der Waals surface area contributed by atoms with Gasteiger partial charge >= 0.3 is 0 Å². The van der Waals surface area contributed by atoms with Crippen LogP contribution < -0.4 is 9.47 Å². The van der Waals surface area contributed by atoms with Crippen LogP contribution in [0.25, 0.3) is 4.85 Å². The molecule has 0 aliphatic heterocycles. The summed E-state index contributed by atoms with van der Waals surface area (Å²) >= 11 is 0. The number of hydrogen-bond donors (Lipinski definition) is 0. The molecule has 0 heterocycles.